The highest BCUT2D eigenvalue weighted by molar-refractivity contribution is 6.14. The van der Waals surface area contributed by atoms with E-state index in [1.807, 2.05) is 18.2 Å². The molecular formula is C20H20N6O. The summed E-state index contributed by atoms with van der Waals surface area (Å²) in [6.45, 7) is 2.92. The summed E-state index contributed by atoms with van der Waals surface area (Å²) in [4.78, 5) is 15.6. The van der Waals surface area contributed by atoms with Crippen molar-refractivity contribution in [3.63, 3.8) is 0 Å². The van der Waals surface area contributed by atoms with Crippen LogP contribution >= 0.6 is 0 Å². The predicted molar refractivity (Wildman–Crippen MR) is 106 cm³/mol. The highest BCUT2D eigenvalue weighted by atomic mass is 16.5. The third-order valence-corrected chi connectivity index (χ3v) is 4.56. The average Bonchev–Trinajstić information content (AvgIpc) is 2.74. The molecule has 0 unspecified atom stereocenters. The summed E-state index contributed by atoms with van der Waals surface area (Å²) in [6.07, 6.45) is 8.13. The minimum atomic E-state index is 0.232. The molecule has 0 atom stereocenters. The fraction of sp³-hybridized carbons (Fsp3) is 0.200. The maximum Gasteiger partial charge on any atom is 0.130 e. The lowest BCUT2D eigenvalue weighted by atomic mass is 10.0. The van der Waals surface area contributed by atoms with Crippen LogP contribution in [0, 0.1) is 5.41 Å². The summed E-state index contributed by atoms with van der Waals surface area (Å²) < 4.78 is 5.47. The van der Waals surface area contributed by atoms with E-state index in [-0.39, 0.29) is 5.71 Å². The highest BCUT2D eigenvalue weighted by Gasteiger charge is 2.18. The third kappa shape index (κ3) is 3.37. The second-order valence-electron chi connectivity index (χ2n) is 6.19. The number of fused-ring (bicyclic) bond motifs is 1. The van der Waals surface area contributed by atoms with E-state index in [4.69, 9.17) is 20.9 Å². The van der Waals surface area contributed by atoms with Crippen molar-refractivity contribution in [2.75, 3.05) is 31.2 Å². The van der Waals surface area contributed by atoms with Crippen molar-refractivity contribution in [3.05, 3.63) is 60.8 Å². The van der Waals surface area contributed by atoms with Gasteiger partial charge in [0.25, 0.3) is 0 Å². The van der Waals surface area contributed by atoms with E-state index < -0.39 is 0 Å². The van der Waals surface area contributed by atoms with Crippen molar-refractivity contribution in [2.24, 2.45) is 5.73 Å². The van der Waals surface area contributed by atoms with Crippen LogP contribution < -0.4 is 10.6 Å². The van der Waals surface area contributed by atoms with Crippen LogP contribution in [0.2, 0.25) is 0 Å². The number of aromatic nitrogens is 3. The molecular weight excluding hydrogens is 340 g/mol. The maximum atomic E-state index is 8.29. The normalized spacial score (nSPS) is 14.7. The summed E-state index contributed by atoms with van der Waals surface area (Å²) in [7, 11) is 0. The van der Waals surface area contributed by atoms with E-state index in [9.17, 15) is 0 Å². The zero-order valence-electron chi connectivity index (χ0n) is 14.8. The molecule has 0 bridgehead atoms. The number of morpholine rings is 1. The molecule has 27 heavy (non-hydrogen) atoms. The van der Waals surface area contributed by atoms with Crippen molar-refractivity contribution < 1.29 is 4.74 Å². The molecule has 0 aliphatic carbocycles. The Morgan fingerprint density at radius 3 is 2.67 bits per heavy atom. The van der Waals surface area contributed by atoms with Gasteiger partial charge < -0.3 is 15.4 Å². The second-order valence-corrected chi connectivity index (χ2v) is 6.19. The van der Waals surface area contributed by atoms with E-state index in [1.165, 1.54) is 12.3 Å². The number of allylic oxidation sites excluding steroid dienone is 1. The van der Waals surface area contributed by atoms with Crippen LogP contribution in [-0.4, -0.2) is 47.0 Å². The van der Waals surface area contributed by atoms with Gasteiger partial charge in [-0.05, 0) is 47.7 Å². The Labute approximate surface area is 157 Å². The summed E-state index contributed by atoms with van der Waals surface area (Å²) >= 11 is 0. The van der Waals surface area contributed by atoms with Crippen molar-refractivity contribution in [3.8, 4) is 11.1 Å². The van der Waals surface area contributed by atoms with E-state index in [0.29, 0.717) is 24.4 Å². The molecule has 1 aliphatic rings. The summed E-state index contributed by atoms with van der Waals surface area (Å²) in [5.74, 6) is 0.858. The van der Waals surface area contributed by atoms with Gasteiger partial charge in [-0.2, -0.15) is 0 Å². The van der Waals surface area contributed by atoms with Gasteiger partial charge in [0.05, 0.1) is 18.9 Å². The minimum absolute atomic E-state index is 0.232. The highest BCUT2D eigenvalue weighted by Crippen LogP contribution is 2.32. The van der Waals surface area contributed by atoms with Crippen LogP contribution in [-0.2, 0) is 4.74 Å². The van der Waals surface area contributed by atoms with Crippen LogP contribution in [0.3, 0.4) is 0 Å². The quantitative estimate of drug-likeness (QED) is 0.693. The fourth-order valence-corrected chi connectivity index (χ4v) is 3.24. The lowest BCUT2D eigenvalue weighted by Gasteiger charge is -2.28. The van der Waals surface area contributed by atoms with E-state index in [1.54, 1.807) is 18.6 Å². The number of ether oxygens (including phenoxy) is 1. The molecule has 0 spiro atoms. The number of rotatable bonds is 4. The first-order valence-corrected chi connectivity index (χ1v) is 8.78. The van der Waals surface area contributed by atoms with Crippen LogP contribution in [0.25, 0.3) is 22.0 Å². The summed E-state index contributed by atoms with van der Waals surface area (Å²) in [5.41, 5.74) is 9.00. The van der Waals surface area contributed by atoms with Crippen LogP contribution in [0.1, 0.15) is 5.69 Å². The van der Waals surface area contributed by atoms with E-state index in [0.717, 1.165) is 35.4 Å². The molecule has 1 fully saturated rings. The Morgan fingerprint density at radius 1 is 1.15 bits per heavy atom. The maximum absolute atomic E-state index is 8.29. The molecule has 4 rings (SSSR count). The van der Waals surface area contributed by atoms with E-state index in [2.05, 4.69) is 20.9 Å². The topological polar surface area (TPSA) is 101 Å². The number of anilines is 1. The van der Waals surface area contributed by atoms with Gasteiger partial charge in [-0.25, -0.2) is 4.98 Å². The number of hydrogen-bond donors (Lipinski definition) is 2. The largest absolute Gasteiger partial charge is 0.405 e. The number of hydrogen-bond acceptors (Lipinski definition) is 7. The van der Waals surface area contributed by atoms with E-state index >= 15 is 0 Å². The monoisotopic (exact) mass is 360 g/mol. The van der Waals surface area contributed by atoms with Gasteiger partial charge in [0, 0.05) is 37.1 Å². The van der Waals surface area contributed by atoms with Gasteiger partial charge in [-0.15, -0.1) is 0 Å². The molecule has 7 nitrogen and oxygen atoms in total. The SMILES string of the molecule is N=C(C=CN)c1nccc2c(-c3ccncc3)cc(N3CCOCC3)nc12. The molecule has 1 aliphatic heterocycles. The number of pyridine rings is 3. The van der Waals surface area contributed by atoms with Gasteiger partial charge >= 0.3 is 0 Å². The lowest BCUT2D eigenvalue weighted by molar-refractivity contribution is 0.122. The summed E-state index contributed by atoms with van der Waals surface area (Å²) in [6, 6.07) is 7.98. The van der Waals surface area contributed by atoms with Crippen molar-refractivity contribution in [1.82, 2.24) is 15.0 Å². The molecule has 1 saturated heterocycles. The Kier molecular flexibility index (Phi) is 4.76. The first-order valence-electron chi connectivity index (χ1n) is 8.78. The van der Waals surface area contributed by atoms with Gasteiger partial charge in [-0.3, -0.25) is 15.4 Å². The number of nitrogens with two attached hydrogens (primary N) is 1. The van der Waals surface area contributed by atoms with Gasteiger partial charge in [-0.1, -0.05) is 0 Å². The smallest absolute Gasteiger partial charge is 0.130 e. The summed E-state index contributed by atoms with van der Waals surface area (Å²) in [5, 5.41) is 9.23. The molecule has 0 aromatic carbocycles. The average molecular weight is 360 g/mol. The van der Waals surface area contributed by atoms with Crippen LogP contribution in [0.5, 0.6) is 0 Å². The third-order valence-electron chi connectivity index (χ3n) is 4.56. The Morgan fingerprint density at radius 2 is 1.93 bits per heavy atom. The number of nitrogens with zero attached hydrogens (tertiary/aromatic N) is 4. The molecule has 7 heteroatoms. The first-order chi connectivity index (χ1) is 13.3. The first kappa shape index (κ1) is 17.1. The molecule has 0 radical (unpaired) electrons. The molecule has 136 valence electrons. The van der Waals surface area contributed by atoms with Crippen molar-refractivity contribution in [2.45, 2.75) is 0 Å². The number of nitrogens with one attached hydrogen (secondary N) is 1. The van der Waals surface area contributed by atoms with Gasteiger partial charge in [0.15, 0.2) is 0 Å². The Balaban J connectivity index is 1.96. The molecule has 0 saturated carbocycles. The molecule has 3 aromatic rings. The second kappa shape index (κ2) is 7.51. The minimum Gasteiger partial charge on any atom is -0.405 e. The van der Waals surface area contributed by atoms with Crippen molar-refractivity contribution >= 4 is 22.4 Å². The van der Waals surface area contributed by atoms with Crippen LogP contribution in [0.4, 0.5) is 5.82 Å². The van der Waals surface area contributed by atoms with Crippen LogP contribution in [0.15, 0.2) is 55.1 Å². The van der Waals surface area contributed by atoms with Gasteiger partial charge in [0.2, 0.25) is 0 Å². The molecule has 0 amide bonds. The molecule has 3 aromatic heterocycles. The zero-order valence-corrected chi connectivity index (χ0v) is 14.8. The Hall–Kier alpha value is -3.32. The molecule has 3 N–H and O–H groups in total. The predicted octanol–water partition coefficient (Wildman–Crippen LogP) is 2.37. The van der Waals surface area contributed by atoms with Gasteiger partial charge in [0.1, 0.15) is 17.0 Å². The Bertz CT molecular complexity index is 996. The van der Waals surface area contributed by atoms with Crippen molar-refractivity contribution in [1.29, 1.82) is 5.41 Å². The zero-order chi connectivity index (χ0) is 18.6. The fourth-order valence-electron chi connectivity index (χ4n) is 3.24. The molecule has 4 heterocycles. The standard InChI is InChI=1S/C20H20N6O/c21-5-1-17(22)20-19-15(4-8-24-20)16(14-2-6-23-7-3-14)13-18(25-19)26-9-11-27-12-10-26/h1-8,13,22H,9-12,21H2. The lowest BCUT2D eigenvalue weighted by Crippen LogP contribution is -2.36.